The first-order chi connectivity index (χ1) is 9.08. The average Bonchev–Trinajstić information content (AvgIpc) is 2.99. The molecule has 19 heavy (non-hydrogen) atoms. The highest BCUT2D eigenvalue weighted by atomic mass is 32.2. The molecule has 2 atom stereocenters. The van der Waals surface area contributed by atoms with Crippen LogP contribution in [0.4, 0.5) is 0 Å². The number of fused-ring (bicyclic) bond motifs is 1. The second-order valence-corrected chi connectivity index (χ2v) is 6.17. The molecule has 0 bridgehead atoms. The Morgan fingerprint density at radius 3 is 2.89 bits per heavy atom. The van der Waals surface area contributed by atoms with Crippen LogP contribution in [-0.2, 0) is 16.4 Å². The molecule has 0 amide bonds. The number of aromatic nitrogens is 2. The van der Waals surface area contributed by atoms with Gasteiger partial charge in [-0.3, -0.25) is 0 Å². The number of nitrogens with zero attached hydrogens (tertiary/aromatic N) is 1. The van der Waals surface area contributed by atoms with E-state index in [4.69, 9.17) is 0 Å². The van der Waals surface area contributed by atoms with Crippen LogP contribution in [-0.4, -0.2) is 29.6 Å². The number of rotatable bonds is 3. The molecule has 1 heterocycles. The molecule has 0 saturated carbocycles. The maximum absolute atomic E-state index is 12.1. The zero-order valence-corrected chi connectivity index (χ0v) is 10.8. The number of hydrogen-bond acceptors (Lipinski definition) is 4. The highest BCUT2D eigenvalue weighted by Gasteiger charge is 2.34. The van der Waals surface area contributed by atoms with E-state index in [-0.39, 0.29) is 5.03 Å². The molecular formula is C12H13N3O3S. The Morgan fingerprint density at radius 1 is 1.37 bits per heavy atom. The van der Waals surface area contributed by atoms with E-state index in [1.54, 1.807) is 0 Å². The molecule has 1 aromatic carbocycles. The van der Waals surface area contributed by atoms with Crippen molar-refractivity contribution in [3.63, 3.8) is 0 Å². The Morgan fingerprint density at radius 2 is 2.16 bits per heavy atom. The van der Waals surface area contributed by atoms with E-state index in [2.05, 4.69) is 14.7 Å². The van der Waals surface area contributed by atoms with Crippen molar-refractivity contribution in [2.75, 3.05) is 0 Å². The van der Waals surface area contributed by atoms with Crippen molar-refractivity contribution in [1.29, 1.82) is 0 Å². The third-order valence-electron chi connectivity index (χ3n) is 3.25. The largest absolute Gasteiger partial charge is 0.391 e. The lowest BCUT2D eigenvalue weighted by Crippen LogP contribution is -2.34. The molecule has 0 aliphatic heterocycles. The molecule has 7 heteroatoms. The molecule has 100 valence electrons. The van der Waals surface area contributed by atoms with Crippen LogP contribution >= 0.6 is 0 Å². The van der Waals surface area contributed by atoms with Crippen LogP contribution in [0.1, 0.15) is 17.2 Å². The number of nitrogens with one attached hydrogen (secondary N) is 2. The minimum absolute atomic E-state index is 0.0101. The van der Waals surface area contributed by atoms with Gasteiger partial charge in [-0.15, -0.1) is 0 Å². The van der Waals surface area contributed by atoms with Crippen molar-refractivity contribution in [2.45, 2.75) is 23.6 Å². The van der Waals surface area contributed by atoms with Crippen LogP contribution in [0.25, 0.3) is 0 Å². The summed E-state index contributed by atoms with van der Waals surface area (Å²) in [6, 6.07) is 6.80. The van der Waals surface area contributed by atoms with Gasteiger partial charge in [-0.2, -0.15) is 4.72 Å². The van der Waals surface area contributed by atoms with Crippen LogP contribution in [0, 0.1) is 0 Å². The smallest absolute Gasteiger partial charge is 0.258 e. The van der Waals surface area contributed by atoms with Gasteiger partial charge in [0.2, 0.25) is 0 Å². The Hall–Kier alpha value is -1.70. The summed E-state index contributed by atoms with van der Waals surface area (Å²) in [6.07, 6.45) is 2.23. The lowest BCUT2D eigenvalue weighted by molar-refractivity contribution is 0.151. The highest BCUT2D eigenvalue weighted by Crippen LogP contribution is 2.32. The summed E-state index contributed by atoms with van der Waals surface area (Å²) in [6.45, 7) is 0. The topological polar surface area (TPSA) is 95.1 Å². The van der Waals surface area contributed by atoms with Gasteiger partial charge in [0.15, 0.2) is 5.03 Å². The van der Waals surface area contributed by atoms with Crippen molar-refractivity contribution in [1.82, 2.24) is 14.7 Å². The molecular weight excluding hydrogens is 266 g/mol. The molecule has 1 aromatic heterocycles. The second kappa shape index (κ2) is 4.44. The normalized spacial score (nSPS) is 22.4. The van der Waals surface area contributed by atoms with E-state index in [1.165, 1.54) is 12.5 Å². The van der Waals surface area contributed by atoms with E-state index < -0.39 is 22.2 Å². The van der Waals surface area contributed by atoms with Gasteiger partial charge in [-0.1, -0.05) is 24.3 Å². The first kappa shape index (κ1) is 12.3. The zero-order chi connectivity index (χ0) is 13.5. The third kappa shape index (κ3) is 2.16. The fourth-order valence-corrected chi connectivity index (χ4v) is 3.49. The summed E-state index contributed by atoms with van der Waals surface area (Å²) in [7, 11) is -3.70. The van der Waals surface area contributed by atoms with E-state index in [0.717, 1.165) is 11.1 Å². The van der Waals surface area contributed by atoms with Gasteiger partial charge in [-0.05, 0) is 11.1 Å². The maximum atomic E-state index is 12.1. The second-order valence-electron chi connectivity index (χ2n) is 4.49. The zero-order valence-electron chi connectivity index (χ0n) is 9.95. The maximum Gasteiger partial charge on any atom is 0.258 e. The van der Waals surface area contributed by atoms with Crippen LogP contribution in [0.2, 0.25) is 0 Å². The molecule has 0 unspecified atom stereocenters. The van der Waals surface area contributed by atoms with E-state index >= 15 is 0 Å². The molecule has 2 aromatic rings. The minimum Gasteiger partial charge on any atom is -0.391 e. The lowest BCUT2D eigenvalue weighted by atomic mass is 10.1. The number of aromatic amines is 1. The van der Waals surface area contributed by atoms with Crippen LogP contribution in [0.15, 0.2) is 41.8 Å². The van der Waals surface area contributed by atoms with Crippen molar-refractivity contribution < 1.29 is 13.5 Å². The highest BCUT2D eigenvalue weighted by molar-refractivity contribution is 7.89. The first-order valence-corrected chi connectivity index (χ1v) is 7.33. The third-order valence-corrected chi connectivity index (χ3v) is 4.62. The quantitative estimate of drug-likeness (QED) is 0.755. The van der Waals surface area contributed by atoms with Crippen LogP contribution in [0.5, 0.6) is 0 Å². The monoisotopic (exact) mass is 279 g/mol. The van der Waals surface area contributed by atoms with Crippen molar-refractivity contribution in [2.24, 2.45) is 0 Å². The number of imidazole rings is 1. The fraction of sp³-hybridized carbons (Fsp3) is 0.250. The molecule has 0 saturated heterocycles. The van der Waals surface area contributed by atoms with Gasteiger partial charge in [0.1, 0.15) is 0 Å². The van der Waals surface area contributed by atoms with E-state index in [1.807, 2.05) is 24.3 Å². The summed E-state index contributed by atoms with van der Waals surface area (Å²) in [5.41, 5.74) is 1.78. The van der Waals surface area contributed by atoms with Gasteiger partial charge in [0.05, 0.1) is 24.7 Å². The van der Waals surface area contributed by atoms with E-state index in [0.29, 0.717) is 6.42 Å². The Bertz CT molecular complexity index is 682. The number of H-pyrrole nitrogens is 1. The van der Waals surface area contributed by atoms with Crippen molar-refractivity contribution in [3.8, 4) is 0 Å². The number of aliphatic hydroxyl groups excluding tert-OH is 1. The summed E-state index contributed by atoms with van der Waals surface area (Å²) >= 11 is 0. The molecule has 0 radical (unpaired) electrons. The molecule has 6 nitrogen and oxygen atoms in total. The number of aliphatic hydroxyl groups is 1. The SMILES string of the molecule is O=S(=O)(N[C@@H]1c2ccccc2C[C@@H]1O)c1cnc[nH]1. The van der Waals surface area contributed by atoms with Crippen LogP contribution < -0.4 is 4.72 Å². The van der Waals surface area contributed by atoms with Gasteiger partial charge >= 0.3 is 0 Å². The Kier molecular flexibility index (Phi) is 2.89. The van der Waals surface area contributed by atoms with E-state index in [9.17, 15) is 13.5 Å². The number of hydrogen-bond donors (Lipinski definition) is 3. The van der Waals surface area contributed by atoms with Gasteiger partial charge < -0.3 is 10.1 Å². The average molecular weight is 279 g/mol. The number of benzene rings is 1. The van der Waals surface area contributed by atoms with Crippen molar-refractivity contribution >= 4 is 10.0 Å². The summed E-state index contributed by atoms with van der Waals surface area (Å²) < 4.78 is 26.7. The first-order valence-electron chi connectivity index (χ1n) is 5.84. The van der Waals surface area contributed by atoms with Gasteiger partial charge in [-0.25, -0.2) is 13.4 Å². The standard InChI is InChI=1S/C12H13N3O3S/c16-10-5-8-3-1-2-4-9(8)12(10)15-19(17,18)11-6-13-7-14-11/h1-4,6-7,10,12,15-16H,5H2,(H,13,14)/t10-,12+/m0/s1. The predicted molar refractivity (Wildman–Crippen MR) is 67.8 cm³/mol. The molecule has 0 spiro atoms. The molecule has 3 rings (SSSR count). The summed E-state index contributed by atoms with van der Waals surface area (Å²) in [5, 5.41) is 10.0. The van der Waals surface area contributed by atoms with Crippen molar-refractivity contribution in [3.05, 3.63) is 47.9 Å². The molecule has 0 fully saturated rings. The Labute approximate surface area is 110 Å². The minimum atomic E-state index is -3.70. The lowest BCUT2D eigenvalue weighted by Gasteiger charge is -2.17. The molecule has 1 aliphatic carbocycles. The molecule has 3 N–H and O–H groups in total. The predicted octanol–water partition coefficient (Wildman–Crippen LogP) is 0.346. The summed E-state index contributed by atoms with van der Waals surface area (Å²) in [4.78, 5) is 6.24. The van der Waals surface area contributed by atoms with Crippen LogP contribution in [0.3, 0.4) is 0 Å². The fourth-order valence-electron chi connectivity index (χ4n) is 2.34. The van der Waals surface area contributed by atoms with Gasteiger partial charge in [0.25, 0.3) is 10.0 Å². The number of sulfonamides is 1. The molecule has 1 aliphatic rings. The Balaban J connectivity index is 1.92. The van der Waals surface area contributed by atoms with Gasteiger partial charge in [0, 0.05) is 6.42 Å². The summed E-state index contributed by atoms with van der Waals surface area (Å²) in [5.74, 6) is 0.